The van der Waals surface area contributed by atoms with Gasteiger partial charge < -0.3 is 44.6 Å². The molecule has 6 saturated carbocycles. The van der Waals surface area contributed by atoms with E-state index in [9.17, 15) is 0 Å². The molecule has 0 aromatic carbocycles. The molecule has 0 nitrogen and oxygen atoms in total. The average molecular weight is 1200 g/mol. The zero-order valence-electron chi connectivity index (χ0n) is 39.2. The summed E-state index contributed by atoms with van der Waals surface area (Å²) in [4.78, 5) is 0. The molecule has 0 aromatic heterocycles. The van der Waals surface area contributed by atoms with Crippen LogP contribution in [0.25, 0.3) is 0 Å². The number of fused-ring (bicyclic) bond motifs is 5. The first-order valence-corrected chi connectivity index (χ1v) is 40.4. The Kier molecular flexibility index (Phi) is 61.3. The fourth-order valence-corrected chi connectivity index (χ4v) is 9.42. The fraction of sp³-hybridized carbons (Fsp3) is 0.577. The summed E-state index contributed by atoms with van der Waals surface area (Å²) in [6.07, 6.45) is 68.9. The van der Waals surface area contributed by atoms with E-state index in [0.29, 0.717) is 0 Å². The van der Waals surface area contributed by atoms with Crippen LogP contribution in [-0.2, 0) is 62.5 Å². The second kappa shape index (κ2) is 51.7. The van der Waals surface area contributed by atoms with Crippen LogP contribution < -0.4 is 0 Å². The fourth-order valence-electron chi connectivity index (χ4n) is 9.42. The van der Waals surface area contributed by atoms with Crippen LogP contribution in [0.2, 0.25) is 0 Å². The van der Waals surface area contributed by atoms with Crippen LogP contribution in [0.4, 0.5) is 0 Å². The quantitative estimate of drug-likeness (QED) is 0.212. The van der Waals surface area contributed by atoms with Crippen LogP contribution in [0.3, 0.4) is 0 Å². The molecular weight excluding hydrogens is 1110 g/mol. The van der Waals surface area contributed by atoms with Crippen LogP contribution >= 0.6 is 51.1 Å². The third-order valence-corrected chi connectivity index (χ3v) is 12.2. The molecule has 0 radical (unpaired) electrons. The Morgan fingerprint density at radius 2 is 0.410 bits per heavy atom. The van der Waals surface area contributed by atoms with E-state index in [-0.39, 0.29) is 44.6 Å². The predicted octanol–water partition coefficient (Wildman–Crippen LogP) is 20.8. The van der Waals surface area contributed by atoms with Gasteiger partial charge in [-0.3, -0.25) is 0 Å². The first-order chi connectivity index (χ1) is 27.1. The van der Waals surface area contributed by atoms with Crippen LogP contribution in [0.15, 0.2) is 97.2 Å². The van der Waals surface area contributed by atoms with Gasteiger partial charge in [0.05, 0.1) is 0 Å². The van der Waals surface area contributed by atoms with E-state index in [1.807, 2.05) is 0 Å². The molecular formula is C52H86Cl6Zr3. The number of hydrogen-bond acceptors (Lipinski definition) is 0. The molecule has 61 heavy (non-hydrogen) atoms. The van der Waals surface area contributed by atoms with E-state index < -0.39 is 62.5 Å². The van der Waals surface area contributed by atoms with Crippen molar-refractivity contribution < 1.29 is 62.5 Å². The summed E-state index contributed by atoms with van der Waals surface area (Å²) in [5.41, 5.74) is 0. The van der Waals surface area contributed by atoms with Crippen molar-refractivity contribution >= 4 is 51.1 Å². The molecule has 0 saturated heterocycles. The van der Waals surface area contributed by atoms with Gasteiger partial charge in [0.25, 0.3) is 0 Å². The van der Waals surface area contributed by atoms with Gasteiger partial charge in [-0.05, 0) is 79.4 Å². The topological polar surface area (TPSA) is 0 Å². The summed E-state index contributed by atoms with van der Waals surface area (Å²) in [6.45, 7) is 0. The van der Waals surface area contributed by atoms with Crippen molar-refractivity contribution in [3.8, 4) is 0 Å². The SMILES string of the molecule is C1=CC2CC3C=CC=CC3C2C=C1.C1=CC2CCCC2C=C1.C1=CC2CCCC2C=C1.C1CCCC1.C1CCCC1.C1CCCC1.[CH3-].[CH3-].[CH3-].[CH3-].[CH3-].[CH3-].[Cl][Zr+2][Cl].[Cl][Zr+2][Cl].[Cl][Zr+2][Cl]. The van der Waals surface area contributed by atoms with Crippen molar-refractivity contribution in [2.24, 2.45) is 47.3 Å². The summed E-state index contributed by atoms with van der Waals surface area (Å²) in [5.74, 6) is 6.74. The minimum atomic E-state index is -0.826. The molecule has 10 aliphatic carbocycles. The predicted molar refractivity (Wildman–Crippen MR) is 276 cm³/mol. The first-order valence-electron chi connectivity index (χ1n) is 21.4. The zero-order chi connectivity index (χ0) is 39.6. The Morgan fingerprint density at radius 1 is 0.246 bits per heavy atom. The van der Waals surface area contributed by atoms with Gasteiger partial charge in [-0.2, -0.15) is 0 Å². The van der Waals surface area contributed by atoms with Gasteiger partial charge in [0, 0.05) is 0 Å². The average Bonchev–Trinajstić information content (AvgIpc) is 4.09. The van der Waals surface area contributed by atoms with Crippen molar-refractivity contribution in [2.75, 3.05) is 0 Å². The minimum absolute atomic E-state index is 0. The van der Waals surface area contributed by atoms with Crippen LogP contribution in [-0.4, -0.2) is 0 Å². The molecule has 0 aliphatic heterocycles. The molecule has 9 heteroatoms. The van der Waals surface area contributed by atoms with Crippen LogP contribution in [0.5, 0.6) is 0 Å². The molecule has 0 amide bonds. The maximum atomic E-state index is 4.93. The molecule has 0 aromatic rings. The van der Waals surface area contributed by atoms with Gasteiger partial charge in [0.2, 0.25) is 0 Å². The number of hydrogen-bond donors (Lipinski definition) is 0. The van der Waals surface area contributed by atoms with Gasteiger partial charge in [0.15, 0.2) is 0 Å². The molecule has 0 heterocycles. The number of halogens is 6. The Morgan fingerprint density at radius 3 is 0.607 bits per heavy atom. The molecule has 0 spiro atoms. The van der Waals surface area contributed by atoms with E-state index in [1.165, 1.54) is 141 Å². The van der Waals surface area contributed by atoms with Crippen molar-refractivity contribution in [2.45, 2.75) is 141 Å². The maximum absolute atomic E-state index is 4.93. The second-order valence-corrected chi connectivity index (χ2v) is 27.0. The van der Waals surface area contributed by atoms with E-state index >= 15 is 0 Å². The van der Waals surface area contributed by atoms with Gasteiger partial charge in [-0.25, -0.2) is 0 Å². The molecule has 348 valence electrons. The van der Waals surface area contributed by atoms with Crippen molar-refractivity contribution in [1.82, 2.24) is 0 Å². The molecule has 8 unspecified atom stereocenters. The van der Waals surface area contributed by atoms with Gasteiger partial charge in [0.1, 0.15) is 0 Å². The Hall–Kier alpha value is 2.31. The van der Waals surface area contributed by atoms with Gasteiger partial charge in [-0.1, -0.05) is 206 Å². The Bertz CT molecular complexity index is 996. The third kappa shape index (κ3) is 34.3. The number of rotatable bonds is 0. The molecule has 6 fully saturated rings. The van der Waals surface area contributed by atoms with Gasteiger partial charge in [-0.15, -0.1) is 0 Å². The molecule has 10 rings (SSSR count). The zero-order valence-corrected chi connectivity index (χ0v) is 51.1. The number of allylic oxidation sites excluding steroid dienone is 16. The summed E-state index contributed by atoms with van der Waals surface area (Å²) in [6, 6.07) is 0. The van der Waals surface area contributed by atoms with E-state index in [4.69, 9.17) is 51.1 Å². The van der Waals surface area contributed by atoms with E-state index in [1.54, 1.807) is 0 Å². The monoisotopic (exact) mass is 1190 g/mol. The standard InChI is InChI=1S/C13H14.2C9H12.3C5H10.6CH3.6ClH.3Zr/c1-3-7-12-10(5-1)9-11-6-2-4-8-13(11)12;2*1-2-5-9-7-3-6-8(9)4-1;3*1-2-4-5-3-1;;;;;;;;;;;;;;;/h1-8,10-13H,9H2;2*1-2,4-5,8-9H,3,6-7H2;3*1-5H2;6*1H3;6*1H;;;/q;;;;;;6*-1;;;;;;;3*+4/p-6. The summed E-state index contributed by atoms with van der Waals surface area (Å²) in [5, 5.41) is 0. The van der Waals surface area contributed by atoms with Crippen molar-refractivity contribution in [1.29, 1.82) is 0 Å². The van der Waals surface area contributed by atoms with E-state index in [0.717, 1.165) is 47.3 Å². The Balaban J connectivity index is -0.000000199. The van der Waals surface area contributed by atoms with Crippen molar-refractivity contribution in [3.63, 3.8) is 0 Å². The molecule has 0 bridgehead atoms. The van der Waals surface area contributed by atoms with Crippen LogP contribution in [0, 0.1) is 91.9 Å². The summed E-state index contributed by atoms with van der Waals surface area (Å²) >= 11 is -2.48. The Labute approximate surface area is 438 Å². The second-order valence-electron chi connectivity index (χ2n) is 15.8. The molecule has 8 atom stereocenters. The van der Waals surface area contributed by atoms with E-state index in [2.05, 4.69) is 97.2 Å². The third-order valence-electron chi connectivity index (χ3n) is 12.2. The molecule has 10 aliphatic rings. The van der Waals surface area contributed by atoms with Crippen molar-refractivity contribution in [3.05, 3.63) is 142 Å². The van der Waals surface area contributed by atoms with Gasteiger partial charge >= 0.3 is 114 Å². The van der Waals surface area contributed by atoms with Crippen LogP contribution in [0.1, 0.15) is 141 Å². The molecule has 0 N–H and O–H groups in total. The summed E-state index contributed by atoms with van der Waals surface area (Å²) < 4.78 is 0. The normalized spacial score (nSPS) is 27.5. The first kappa shape index (κ1) is 72.3. The summed E-state index contributed by atoms with van der Waals surface area (Å²) in [7, 11) is 29.6.